The first-order chi connectivity index (χ1) is 41.7. The molecule has 20 N–H and O–H groups in total. The van der Waals surface area contributed by atoms with E-state index >= 15 is 4.79 Å². The molecule has 0 aromatic rings. The van der Waals surface area contributed by atoms with Crippen molar-refractivity contribution in [1.29, 1.82) is 0 Å². The molecule has 33 heteroatoms. The third kappa shape index (κ3) is 13.4. The standard InChI is InChI=1S/C55H90O33/c1-18-11-19-5-8-28-54(2,20(19)6-7-21(18)77-49-43(37(70)31(64)24(14-58)80-49)84-47-41(74)35(68)29(62)22(12-56)78-47)9-4-10-55(28,3)53(76)88-52-46(40(73)34(67)27(17-61)83-52)87-51-45(39(72)33(66)26(16-60)82-51)86-50-44(38(71)32(65)25(15-59)81-50)85-48-42(75)36(69)30(63)23(13-57)79-48/h19-52,56-75H,1,4-17H2,2-3H3/t19?,20-,21?,22?,23?,24?,25?,26?,27?,28?,29?,30?,31?,32?,33?,34?,35?,36?,37?,38?,39?,40?,41?,42?,43?,44?,45?,46?,47?,48?,49?,50?,51?,52?,54+,55-/m1/s1. The van der Waals surface area contributed by atoms with Gasteiger partial charge >= 0.3 is 5.97 Å². The second kappa shape index (κ2) is 28.9. The first kappa shape index (κ1) is 70.3. The largest absolute Gasteiger partial charge is 0.432 e. The maximum absolute atomic E-state index is 15.2. The highest BCUT2D eigenvalue weighted by molar-refractivity contribution is 5.77. The summed E-state index contributed by atoms with van der Waals surface area (Å²) in [6.45, 7) is 2.89. The average Bonchev–Trinajstić information content (AvgIpc) is 1.14. The maximum Gasteiger partial charge on any atom is 0.314 e. The quantitative estimate of drug-likeness (QED) is 0.0448. The van der Waals surface area contributed by atoms with E-state index in [2.05, 4.69) is 13.5 Å². The number of hydrogen-bond donors (Lipinski definition) is 20. The van der Waals surface area contributed by atoms with Gasteiger partial charge in [-0.2, -0.15) is 0 Å². The van der Waals surface area contributed by atoms with Crippen LogP contribution in [-0.2, 0) is 61.6 Å². The van der Waals surface area contributed by atoms with Crippen LogP contribution in [0, 0.1) is 28.6 Å². The molecule has 9 aliphatic rings. The van der Waals surface area contributed by atoms with E-state index in [0.717, 1.165) is 0 Å². The van der Waals surface area contributed by atoms with Gasteiger partial charge in [-0.15, -0.1) is 0 Å². The lowest BCUT2D eigenvalue weighted by atomic mass is 9.45. The van der Waals surface area contributed by atoms with E-state index in [1.807, 2.05) is 0 Å². The highest BCUT2D eigenvalue weighted by atomic mass is 16.8. The molecule has 6 aliphatic heterocycles. The van der Waals surface area contributed by atoms with Crippen LogP contribution in [0.25, 0.3) is 0 Å². The molecule has 6 saturated heterocycles. The highest BCUT2D eigenvalue weighted by Crippen LogP contribution is 2.64. The number of fused-ring (bicyclic) bond motifs is 3. The predicted octanol–water partition coefficient (Wildman–Crippen LogP) is -9.61. The van der Waals surface area contributed by atoms with Gasteiger partial charge in [0, 0.05) is 0 Å². The van der Waals surface area contributed by atoms with Crippen molar-refractivity contribution >= 4 is 5.97 Å². The lowest BCUT2D eigenvalue weighted by Crippen LogP contribution is -2.68. The van der Waals surface area contributed by atoms with Gasteiger partial charge in [0.2, 0.25) is 6.29 Å². The first-order valence-electron chi connectivity index (χ1n) is 30.0. The summed E-state index contributed by atoms with van der Waals surface area (Å²) >= 11 is 0. The number of aliphatic hydroxyl groups is 20. The molecule has 0 aromatic heterocycles. The SMILES string of the molecule is C=C1CC2CCC3[C@](C)(C(=O)OC4OC(CO)C(O)C(O)C4OC4OC(CO)C(O)C(O)C4OC4OC(CO)C(O)C(O)C4OC4OC(CO)C(O)C(O)C4O)CCC[C@@]3(C)[C@@H]2CCC1OC1OC(CO)C(O)C(O)C1OC1OC(CO)C(O)C(O)C1O. The van der Waals surface area contributed by atoms with E-state index in [1.165, 1.54) is 0 Å². The van der Waals surface area contributed by atoms with E-state index in [4.69, 9.17) is 56.8 Å². The Balaban J connectivity index is 0.932. The van der Waals surface area contributed by atoms with Crippen LogP contribution >= 0.6 is 0 Å². The molecule has 3 saturated carbocycles. The van der Waals surface area contributed by atoms with Crippen molar-refractivity contribution in [1.82, 2.24) is 0 Å². The monoisotopic (exact) mass is 1280 g/mol. The van der Waals surface area contributed by atoms with Crippen molar-refractivity contribution in [3.8, 4) is 0 Å². The molecule has 0 amide bonds. The zero-order valence-electron chi connectivity index (χ0n) is 48.5. The van der Waals surface area contributed by atoms with Crippen LogP contribution in [0.5, 0.6) is 0 Å². The molecule has 0 radical (unpaired) electrons. The highest BCUT2D eigenvalue weighted by Gasteiger charge is 2.63. The predicted molar refractivity (Wildman–Crippen MR) is 282 cm³/mol. The van der Waals surface area contributed by atoms with Crippen molar-refractivity contribution in [3.05, 3.63) is 12.2 Å². The Morgan fingerprint density at radius 2 is 0.761 bits per heavy atom. The van der Waals surface area contributed by atoms with E-state index in [9.17, 15) is 102 Å². The van der Waals surface area contributed by atoms with Gasteiger partial charge in [-0.05, 0) is 80.6 Å². The Hall–Kier alpha value is -2.03. The summed E-state index contributed by atoms with van der Waals surface area (Å²) in [5, 5.41) is 214. The summed E-state index contributed by atoms with van der Waals surface area (Å²) in [6, 6.07) is 0. The number of esters is 1. The molecule has 9 fully saturated rings. The molecule has 33 unspecified atom stereocenters. The van der Waals surface area contributed by atoms with Gasteiger partial charge in [0.15, 0.2) is 37.6 Å². The molecule has 0 bridgehead atoms. The van der Waals surface area contributed by atoms with Crippen molar-refractivity contribution < 1.29 is 164 Å². The van der Waals surface area contributed by atoms with Crippen molar-refractivity contribution in [2.24, 2.45) is 28.6 Å². The fraction of sp³-hybridized carbons (Fsp3) is 0.945. The zero-order chi connectivity index (χ0) is 64.2. The third-order valence-corrected chi connectivity index (χ3v) is 20.1. The summed E-state index contributed by atoms with van der Waals surface area (Å²) in [6.07, 6.45) is -52.8. The van der Waals surface area contributed by atoms with E-state index in [-0.39, 0.29) is 18.3 Å². The molecule has 0 aromatic carbocycles. The smallest absolute Gasteiger partial charge is 0.314 e. The summed E-state index contributed by atoms with van der Waals surface area (Å²) in [5.74, 6) is -1.34. The van der Waals surface area contributed by atoms with Gasteiger partial charge in [-0.25, -0.2) is 0 Å². The topological polar surface area (TPSA) is 532 Å². The molecule has 3 aliphatic carbocycles. The second-order valence-electron chi connectivity index (χ2n) is 25.4. The molecule has 9 rings (SSSR count). The van der Waals surface area contributed by atoms with E-state index in [0.29, 0.717) is 50.5 Å². The van der Waals surface area contributed by atoms with Gasteiger partial charge in [-0.3, -0.25) is 4.79 Å². The number of rotatable bonds is 18. The fourth-order valence-electron chi connectivity index (χ4n) is 15.0. The van der Waals surface area contributed by atoms with Crippen molar-refractivity contribution in [2.45, 2.75) is 256 Å². The molecule has 0 spiro atoms. The minimum absolute atomic E-state index is 0.00752. The van der Waals surface area contributed by atoms with Crippen molar-refractivity contribution in [3.63, 3.8) is 0 Å². The maximum atomic E-state index is 15.2. The van der Waals surface area contributed by atoms with E-state index < -0.39 is 253 Å². The van der Waals surface area contributed by atoms with Crippen LogP contribution in [0.3, 0.4) is 0 Å². The molecular weight excluding hydrogens is 1190 g/mol. The van der Waals surface area contributed by atoms with Gasteiger partial charge in [0.25, 0.3) is 0 Å². The summed E-state index contributed by atoms with van der Waals surface area (Å²) in [7, 11) is 0. The number of hydrogen-bond acceptors (Lipinski definition) is 33. The third-order valence-electron chi connectivity index (χ3n) is 20.1. The Bertz CT molecular complexity index is 2280. The molecule has 36 atom stereocenters. The fourth-order valence-corrected chi connectivity index (χ4v) is 15.0. The number of aliphatic hydroxyl groups excluding tert-OH is 20. The minimum Gasteiger partial charge on any atom is -0.432 e. The number of carbonyl (C=O) groups excluding carboxylic acids is 1. The Morgan fingerprint density at radius 3 is 1.16 bits per heavy atom. The molecule has 6 heterocycles. The number of carbonyl (C=O) groups is 1. The van der Waals surface area contributed by atoms with Crippen LogP contribution in [-0.4, -0.2) is 338 Å². The minimum atomic E-state index is -2.17. The van der Waals surface area contributed by atoms with Gasteiger partial charge in [-0.1, -0.05) is 19.9 Å². The molecular formula is C55H90O33. The van der Waals surface area contributed by atoms with Crippen LogP contribution in [0.4, 0.5) is 0 Å². The normalized spacial score (nSPS) is 52.9. The number of ether oxygens (including phenoxy) is 12. The van der Waals surface area contributed by atoms with Crippen LogP contribution in [0.2, 0.25) is 0 Å². The van der Waals surface area contributed by atoms with Gasteiger partial charge < -0.3 is 159 Å². The van der Waals surface area contributed by atoms with E-state index in [1.54, 1.807) is 6.92 Å². The lowest BCUT2D eigenvalue weighted by molar-refractivity contribution is -0.405. The van der Waals surface area contributed by atoms with Crippen LogP contribution in [0.1, 0.15) is 65.2 Å². The van der Waals surface area contributed by atoms with Gasteiger partial charge in [0.05, 0.1) is 51.2 Å². The van der Waals surface area contributed by atoms with Gasteiger partial charge in [0.1, 0.15) is 140 Å². The molecule has 33 nitrogen and oxygen atoms in total. The molecule has 508 valence electrons. The summed E-state index contributed by atoms with van der Waals surface area (Å²) in [4.78, 5) is 15.2. The summed E-state index contributed by atoms with van der Waals surface area (Å²) in [5.41, 5.74) is -1.26. The Kier molecular flexibility index (Phi) is 23.1. The zero-order valence-corrected chi connectivity index (χ0v) is 48.5. The van der Waals surface area contributed by atoms with Crippen LogP contribution in [0.15, 0.2) is 12.2 Å². The van der Waals surface area contributed by atoms with Crippen LogP contribution < -0.4 is 0 Å². The Labute approximate surface area is 504 Å². The lowest BCUT2D eigenvalue weighted by Gasteiger charge is -2.59. The van der Waals surface area contributed by atoms with Crippen molar-refractivity contribution in [2.75, 3.05) is 39.6 Å². The first-order valence-corrected chi connectivity index (χ1v) is 30.0. The molecule has 88 heavy (non-hydrogen) atoms. The Morgan fingerprint density at radius 1 is 0.420 bits per heavy atom. The second-order valence-corrected chi connectivity index (χ2v) is 25.4. The summed E-state index contributed by atoms with van der Waals surface area (Å²) < 4.78 is 71.2. The average molecular weight is 1280 g/mol.